The molecular formula is C15H10FNO2S. The van der Waals surface area contributed by atoms with E-state index in [9.17, 15) is 14.5 Å². The number of non-ortho nitro benzene ring substituents is 1. The maximum absolute atomic E-state index is 14.0. The highest BCUT2D eigenvalue weighted by atomic mass is 32.1. The Labute approximate surface area is 118 Å². The Balaban J connectivity index is 2.27. The zero-order valence-electron chi connectivity index (χ0n) is 10.6. The molecule has 0 radical (unpaired) electrons. The summed E-state index contributed by atoms with van der Waals surface area (Å²) >= 11 is 1.45. The zero-order valence-corrected chi connectivity index (χ0v) is 11.4. The molecule has 5 heteroatoms. The van der Waals surface area contributed by atoms with Crippen molar-refractivity contribution in [3.8, 4) is 10.4 Å². The van der Waals surface area contributed by atoms with E-state index in [0.717, 1.165) is 26.6 Å². The van der Waals surface area contributed by atoms with Crippen molar-refractivity contribution < 1.29 is 9.31 Å². The molecular weight excluding hydrogens is 277 g/mol. The van der Waals surface area contributed by atoms with E-state index in [-0.39, 0.29) is 11.3 Å². The van der Waals surface area contributed by atoms with Crippen LogP contribution < -0.4 is 0 Å². The molecule has 3 nitrogen and oxygen atoms in total. The minimum Gasteiger partial charge on any atom is -0.258 e. The predicted octanol–water partition coefficient (Wildman–Crippen LogP) is 4.92. The zero-order chi connectivity index (χ0) is 14.3. The third kappa shape index (κ3) is 1.96. The second-order valence-electron chi connectivity index (χ2n) is 4.47. The summed E-state index contributed by atoms with van der Waals surface area (Å²) in [6, 6.07) is 11.4. The first kappa shape index (κ1) is 12.7. The van der Waals surface area contributed by atoms with Crippen LogP contribution in [-0.4, -0.2) is 4.92 Å². The molecule has 100 valence electrons. The fourth-order valence-corrected chi connectivity index (χ4v) is 3.46. The van der Waals surface area contributed by atoms with Gasteiger partial charge in [-0.25, -0.2) is 4.39 Å². The van der Waals surface area contributed by atoms with Gasteiger partial charge in [-0.15, -0.1) is 11.3 Å². The van der Waals surface area contributed by atoms with Crippen molar-refractivity contribution in [2.45, 2.75) is 6.92 Å². The maximum atomic E-state index is 14.0. The lowest BCUT2D eigenvalue weighted by molar-refractivity contribution is -0.384. The number of fused-ring (bicyclic) bond motifs is 1. The lowest BCUT2D eigenvalue weighted by Crippen LogP contribution is -1.90. The van der Waals surface area contributed by atoms with Crippen LogP contribution in [0.4, 0.5) is 10.1 Å². The summed E-state index contributed by atoms with van der Waals surface area (Å²) in [4.78, 5) is 11.1. The fraction of sp³-hybridized carbons (Fsp3) is 0.0667. The van der Waals surface area contributed by atoms with E-state index in [1.54, 1.807) is 0 Å². The van der Waals surface area contributed by atoms with Crippen molar-refractivity contribution in [3.05, 3.63) is 64.0 Å². The average Bonchev–Trinajstić information content (AvgIpc) is 2.77. The molecule has 0 aliphatic carbocycles. The molecule has 0 fully saturated rings. The Hall–Kier alpha value is -2.27. The van der Waals surface area contributed by atoms with Crippen LogP contribution in [0.25, 0.3) is 20.5 Å². The Morgan fingerprint density at radius 3 is 2.65 bits per heavy atom. The summed E-state index contributed by atoms with van der Waals surface area (Å²) in [6.45, 7) is 1.91. The normalized spacial score (nSPS) is 10.9. The van der Waals surface area contributed by atoms with Crippen LogP contribution in [0, 0.1) is 22.9 Å². The monoisotopic (exact) mass is 287 g/mol. The predicted molar refractivity (Wildman–Crippen MR) is 78.6 cm³/mol. The molecule has 0 unspecified atom stereocenters. The first-order chi connectivity index (χ1) is 9.58. The number of nitrogens with zero attached hydrogens (tertiary/aromatic N) is 1. The number of hydrogen-bond acceptors (Lipinski definition) is 3. The van der Waals surface area contributed by atoms with Crippen LogP contribution >= 0.6 is 11.3 Å². The maximum Gasteiger partial charge on any atom is 0.270 e. The average molecular weight is 287 g/mol. The van der Waals surface area contributed by atoms with E-state index in [2.05, 4.69) is 0 Å². The standard InChI is InChI=1S/C15H10FNO2S/c1-9-11-4-2-3-5-14(11)20-15(9)12-8-10(17(18)19)6-7-13(12)16/h2-8H,1H3. The Kier molecular flexibility index (Phi) is 2.99. The van der Waals surface area contributed by atoms with Gasteiger partial charge in [-0.3, -0.25) is 10.1 Å². The van der Waals surface area contributed by atoms with E-state index in [1.165, 1.54) is 23.5 Å². The third-order valence-corrected chi connectivity index (χ3v) is 4.56. The van der Waals surface area contributed by atoms with Crippen LogP contribution in [0.1, 0.15) is 5.56 Å². The molecule has 0 N–H and O–H groups in total. The van der Waals surface area contributed by atoms with E-state index in [4.69, 9.17) is 0 Å². The molecule has 1 heterocycles. The molecule has 0 aliphatic heterocycles. The lowest BCUT2D eigenvalue weighted by Gasteiger charge is -2.02. The van der Waals surface area contributed by atoms with Crippen molar-refractivity contribution in [2.24, 2.45) is 0 Å². The van der Waals surface area contributed by atoms with Crippen molar-refractivity contribution in [1.82, 2.24) is 0 Å². The Bertz CT molecular complexity index is 826. The van der Waals surface area contributed by atoms with Gasteiger partial charge in [-0.2, -0.15) is 0 Å². The summed E-state index contributed by atoms with van der Waals surface area (Å²) in [5.41, 5.74) is 1.14. The summed E-state index contributed by atoms with van der Waals surface area (Å²) < 4.78 is 15.1. The van der Waals surface area contributed by atoms with Gasteiger partial charge < -0.3 is 0 Å². The molecule has 3 aromatic rings. The molecule has 0 aliphatic rings. The first-order valence-corrected chi connectivity index (χ1v) is 6.82. The first-order valence-electron chi connectivity index (χ1n) is 6.00. The highest BCUT2D eigenvalue weighted by molar-refractivity contribution is 7.22. The summed E-state index contributed by atoms with van der Waals surface area (Å²) in [6.07, 6.45) is 0. The van der Waals surface area contributed by atoms with E-state index < -0.39 is 10.7 Å². The van der Waals surface area contributed by atoms with Gasteiger partial charge in [0.1, 0.15) is 5.82 Å². The summed E-state index contributed by atoms with van der Waals surface area (Å²) in [7, 11) is 0. The molecule has 2 aromatic carbocycles. The number of aryl methyl sites for hydroxylation is 1. The van der Waals surface area contributed by atoms with Crippen LogP contribution in [0.2, 0.25) is 0 Å². The van der Waals surface area contributed by atoms with Gasteiger partial charge in [0.2, 0.25) is 0 Å². The molecule has 1 aromatic heterocycles. The Morgan fingerprint density at radius 1 is 1.20 bits per heavy atom. The Morgan fingerprint density at radius 2 is 1.95 bits per heavy atom. The van der Waals surface area contributed by atoms with Gasteiger partial charge in [0, 0.05) is 27.3 Å². The van der Waals surface area contributed by atoms with Crippen LogP contribution in [0.3, 0.4) is 0 Å². The van der Waals surface area contributed by atoms with Crippen molar-refractivity contribution in [2.75, 3.05) is 0 Å². The number of thiophene rings is 1. The van der Waals surface area contributed by atoms with Crippen molar-refractivity contribution in [3.63, 3.8) is 0 Å². The third-order valence-electron chi connectivity index (χ3n) is 3.25. The number of rotatable bonds is 2. The van der Waals surface area contributed by atoms with Gasteiger partial charge in [0.15, 0.2) is 0 Å². The van der Waals surface area contributed by atoms with Crippen LogP contribution in [-0.2, 0) is 0 Å². The van der Waals surface area contributed by atoms with E-state index >= 15 is 0 Å². The lowest BCUT2D eigenvalue weighted by atomic mass is 10.1. The van der Waals surface area contributed by atoms with Crippen molar-refractivity contribution >= 4 is 27.1 Å². The van der Waals surface area contributed by atoms with Gasteiger partial charge in [0.05, 0.1) is 4.92 Å². The van der Waals surface area contributed by atoms with Crippen molar-refractivity contribution in [1.29, 1.82) is 0 Å². The smallest absolute Gasteiger partial charge is 0.258 e. The molecule has 0 bridgehead atoms. The molecule has 0 amide bonds. The summed E-state index contributed by atoms with van der Waals surface area (Å²) in [5.74, 6) is -0.440. The van der Waals surface area contributed by atoms with Gasteiger partial charge in [0.25, 0.3) is 5.69 Å². The quantitative estimate of drug-likeness (QED) is 0.495. The highest BCUT2D eigenvalue weighted by Gasteiger charge is 2.17. The molecule has 0 saturated carbocycles. The number of nitro benzene ring substituents is 1. The number of hydrogen-bond donors (Lipinski definition) is 0. The molecule has 0 atom stereocenters. The molecule has 0 spiro atoms. The second kappa shape index (κ2) is 4.68. The number of nitro groups is 1. The summed E-state index contributed by atoms with van der Waals surface area (Å²) in [5, 5.41) is 11.9. The molecule has 3 rings (SSSR count). The van der Waals surface area contributed by atoms with Gasteiger partial charge >= 0.3 is 0 Å². The second-order valence-corrected chi connectivity index (χ2v) is 5.53. The number of halogens is 1. The van der Waals surface area contributed by atoms with E-state index in [0.29, 0.717) is 0 Å². The SMILES string of the molecule is Cc1c(-c2cc([N+](=O)[O-])ccc2F)sc2ccccc12. The van der Waals surface area contributed by atoms with Gasteiger partial charge in [-0.1, -0.05) is 18.2 Å². The number of benzene rings is 2. The minimum atomic E-state index is -0.508. The van der Waals surface area contributed by atoms with Gasteiger partial charge in [-0.05, 0) is 30.0 Å². The fourth-order valence-electron chi connectivity index (χ4n) is 2.23. The largest absolute Gasteiger partial charge is 0.270 e. The topological polar surface area (TPSA) is 43.1 Å². The van der Waals surface area contributed by atoms with E-state index in [1.807, 2.05) is 31.2 Å². The minimum absolute atomic E-state index is 0.0988. The van der Waals surface area contributed by atoms with Crippen LogP contribution in [0.15, 0.2) is 42.5 Å². The van der Waals surface area contributed by atoms with Crippen LogP contribution in [0.5, 0.6) is 0 Å². The molecule has 0 saturated heterocycles. The highest BCUT2D eigenvalue weighted by Crippen LogP contribution is 2.40. The molecule has 20 heavy (non-hydrogen) atoms.